The monoisotopic (exact) mass is 312 g/mol. The maximum Gasteiger partial charge on any atom is 0.338 e. The van der Waals surface area contributed by atoms with Crippen molar-refractivity contribution in [2.75, 3.05) is 7.11 Å². The molecule has 0 aliphatic carbocycles. The minimum Gasteiger partial charge on any atom is -0.486 e. The predicted octanol–water partition coefficient (Wildman–Crippen LogP) is 3.98. The van der Waals surface area contributed by atoms with Crippen LogP contribution in [0.3, 0.4) is 0 Å². The number of carbonyl (C=O) groups excluding carboxylic acids is 1. The van der Waals surface area contributed by atoms with Gasteiger partial charge in [-0.1, -0.05) is 23.7 Å². The largest absolute Gasteiger partial charge is 0.486 e. The summed E-state index contributed by atoms with van der Waals surface area (Å²) in [6.07, 6.45) is 0. The van der Waals surface area contributed by atoms with Gasteiger partial charge in [0.15, 0.2) is 11.6 Å². The highest BCUT2D eigenvalue weighted by atomic mass is 35.5. The highest BCUT2D eigenvalue weighted by molar-refractivity contribution is 6.31. The van der Waals surface area contributed by atoms with Gasteiger partial charge in [-0.05, 0) is 24.3 Å². The molecule has 0 fully saturated rings. The highest BCUT2D eigenvalue weighted by Crippen LogP contribution is 2.22. The topological polar surface area (TPSA) is 35.5 Å². The molecule has 0 atom stereocenters. The van der Waals surface area contributed by atoms with Crippen LogP contribution in [0.4, 0.5) is 8.78 Å². The summed E-state index contributed by atoms with van der Waals surface area (Å²) in [6.45, 7) is -0.123. The van der Waals surface area contributed by atoms with Gasteiger partial charge in [0, 0.05) is 10.6 Å². The SMILES string of the molecule is COC(=O)c1cc(Cl)ccc1COc1cccc(F)c1F. The van der Waals surface area contributed by atoms with Gasteiger partial charge in [0.25, 0.3) is 0 Å². The fourth-order valence-electron chi connectivity index (χ4n) is 1.73. The van der Waals surface area contributed by atoms with E-state index in [1.807, 2.05) is 0 Å². The van der Waals surface area contributed by atoms with Gasteiger partial charge in [-0.3, -0.25) is 0 Å². The van der Waals surface area contributed by atoms with Crippen molar-refractivity contribution in [1.29, 1.82) is 0 Å². The maximum atomic E-state index is 13.5. The Balaban J connectivity index is 2.24. The third-order valence-corrected chi connectivity index (χ3v) is 3.01. The van der Waals surface area contributed by atoms with Gasteiger partial charge in [0.1, 0.15) is 6.61 Å². The van der Waals surface area contributed by atoms with Crippen LogP contribution >= 0.6 is 11.6 Å². The molecular formula is C15H11ClF2O3. The van der Waals surface area contributed by atoms with Gasteiger partial charge in [-0.2, -0.15) is 4.39 Å². The second-order valence-corrected chi connectivity index (χ2v) is 4.57. The minimum atomic E-state index is -1.08. The first-order chi connectivity index (χ1) is 10.0. The van der Waals surface area contributed by atoms with Crippen LogP contribution in [0.25, 0.3) is 0 Å². The van der Waals surface area contributed by atoms with E-state index in [1.54, 1.807) is 12.1 Å². The van der Waals surface area contributed by atoms with Crippen LogP contribution in [0.2, 0.25) is 5.02 Å². The molecule has 0 heterocycles. The fourth-order valence-corrected chi connectivity index (χ4v) is 1.90. The molecule has 0 amide bonds. The molecule has 0 bridgehead atoms. The van der Waals surface area contributed by atoms with Gasteiger partial charge < -0.3 is 9.47 Å². The quantitative estimate of drug-likeness (QED) is 0.801. The summed E-state index contributed by atoms with van der Waals surface area (Å²) < 4.78 is 36.4. The summed E-state index contributed by atoms with van der Waals surface area (Å²) in [5, 5.41) is 0.357. The first kappa shape index (κ1) is 15.3. The summed E-state index contributed by atoms with van der Waals surface area (Å²) >= 11 is 5.82. The van der Waals surface area contributed by atoms with E-state index in [-0.39, 0.29) is 17.9 Å². The van der Waals surface area contributed by atoms with Crippen LogP contribution in [-0.4, -0.2) is 13.1 Å². The van der Waals surface area contributed by atoms with Crippen molar-refractivity contribution >= 4 is 17.6 Å². The zero-order valence-electron chi connectivity index (χ0n) is 11.0. The molecule has 2 rings (SSSR count). The van der Waals surface area contributed by atoms with Crippen LogP contribution in [0.15, 0.2) is 36.4 Å². The van der Waals surface area contributed by atoms with Crippen molar-refractivity contribution in [3.05, 3.63) is 64.2 Å². The molecule has 2 aromatic carbocycles. The predicted molar refractivity (Wildman–Crippen MR) is 73.5 cm³/mol. The maximum absolute atomic E-state index is 13.5. The molecule has 3 nitrogen and oxygen atoms in total. The Labute approximate surface area is 125 Å². The first-order valence-corrected chi connectivity index (χ1v) is 6.34. The number of ether oxygens (including phenoxy) is 2. The molecule has 0 saturated heterocycles. The second kappa shape index (κ2) is 6.54. The molecule has 21 heavy (non-hydrogen) atoms. The normalized spacial score (nSPS) is 10.3. The van der Waals surface area contributed by atoms with E-state index >= 15 is 0 Å². The summed E-state index contributed by atoms with van der Waals surface area (Å²) in [6, 6.07) is 8.17. The number of halogens is 3. The molecule has 0 saturated carbocycles. The van der Waals surface area contributed by atoms with Gasteiger partial charge in [0.2, 0.25) is 5.82 Å². The number of benzene rings is 2. The molecule has 0 radical (unpaired) electrons. The van der Waals surface area contributed by atoms with Crippen molar-refractivity contribution in [2.45, 2.75) is 6.61 Å². The van der Waals surface area contributed by atoms with Crippen molar-refractivity contribution in [2.24, 2.45) is 0 Å². The molecule has 0 aliphatic rings. The number of rotatable bonds is 4. The van der Waals surface area contributed by atoms with Crippen LogP contribution in [-0.2, 0) is 11.3 Å². The van der Waals surface area contributed by atoms with Gasteiger partial charge in [-0.25, -0.2) is 9.18 Å². The molecule has 110 valence electrons. The lowest BCUT2D eigenvalue weighted by Gasteiger charge is -2.11. The van der Waals surface area contributed by atoms with Gasteiger partial charge in [-0.15, -0.1) is 0 Å². The van der Waals surface area contributed by atoms with E-state index in [9.17, 15) is 13.6 Å². The lowest BCUT2D eigenvalue weighted by Crippen LogP contribution is -2.08. The molecule has 0 aliphatic heterocycles. The van der Waals surface area contributed by atoms with Gasteiger partial charge >= 0.3 is 5.97 Å². The Morgan fingerprint density at radius 2 is 2.00 bits per heavy atom. The fraction of sp³-hybridized carbons (Fsp3) is 0.133. The van der Waals surface area contributed by atoms with E-state index in [2.05, 4.69) is 4.74 Å². The zero-order chi connectivity index (χ0) is 15.4. The van der Waals surface area contributed by atoms with E-state index in [4.69, 9.17) is 16.3 Å². The lowest BCUT2D eigenvalue weighted by molar-refractivity contribution is 0.0597. The van der Waals surface area contributed by atoms with Crippen molar-refractivity contribution in [3.63, 3.8) is 0 Å². The lowest BCUT2D eigenvalue weighted by atomic mass is 10.1. The standard InChI is InChI=1S/C15H11ClF2O3/c1-20-15(19)11-7-10(16)6-5-9(11)8-21-13-4-2-3-12(17)14(13)18/h2-7H,8H2,1H3. The summed E-state index contributed by atoms with van der Waals surface area (Å²) in [5.41, 5.74) is 0.664. The number of methoxy groups -OCH3 is 1. The molecule has 0 unspecified atom stereocenters. The van der Waals surface area contributed by atoms with Crippen LogP contribution in [0.5, 0.6) is 5.75 Å². The smallest absolute Gasteiger partial charge is 0.338 e. The Morgan fingerprint density at radius 1 is 1.24 bits per heavy atom. The Morgan fingerprint density at radius 3 is 2.71 bits per heavy atom. The third kappa shape index (κ3) is 3.49. The van der Waals surface area contributed by atoms with E-state index in [0.29, 0.717) is 10.6 Å². The highest BCUT2D eigenvalue weighted by Gasteiger charge is 2.14. The summed E-state index contributed by atoms with van der Waals surface area (Å²) in [4.78, 5) is 11.6. The molecule has 2 aromatic rings. The molecule has 6 heteroatoms. The molecular weight excluding hydrogens is 302 g/mol. The third-order valence-electron chi connectivity index (χ3n) is 2.78. The van der Waals surface area contributed by atoms with Crippen LogP contribution in [0, 0.1) is 11.6 Å². The molecule has 0 N–H and O–H groups in total. The molecule has 0 aromatic heterocycles. The zero-order valence-corrected chi connectivity index (χ0v) is 11.8. The minimum absolute atomic E-state index is 0.123. The average molecular weight is 313 g/mol. The Kier molecular flexibility index (Phi) is 4.75. The van der Waals surface area contributed by atoms with E-state index in [0.717, 1.165) is 6.07 Å². The average Bonchev–Trinajstić information content (AvgIpc) is 2.49. The summed E-state index contributed by atoms with van der Waals surface area (Å²) in [5.74, 6) is -2.90. The van der Waals surface area contributed by atoms with Crippen molar-refractivity contribution in [3.8, 4) is 5.75 Å². The Hall–Kier alpha value is -2.14. The second-order valence-electron chi connectivity index (χ2n) is 4.13. The van der Waals surface area contributed by atoms with E-state index < -0.39 is 17.6 Å². The number of hydrogen-bond donors (Lipinski definition) is 0. The summed E-state index contributed by atoms with van der Waals surface area (Å²) in [7, 11) is 1.24. The Bertz CT molecular complexity index is 674. The van der Waals surface area contributed by atoms with Crippen molar-refractivity contribution in [1.82, 2.24) is 0 Å². The van der Waals surface area contributed by atoms with Crippen molar-refractivity contribution < 1.29 is 23.0 Å². The van der Waals surface area contributed by atoms with E-state index in [1.165, 1.54) is 25.3 Å². The van der Waals surface area contributed by atoms with Crippen LogP contribution in [0.1, 0.15) is 15.9 Å². The first-order valence-electron chi connectivity index (χ1n) is 5.96. The molecule has 0 spiro atoms. The van der Waals surface area contributed by atoms with Crippen LogP contribution < -0.4 is 4.74 Å². The number of carbonyl (C=O) groups is 1. The number of esters is 1. The number of hydrogen-bond acceptors (Lipinski definition) is 3. The van der Waals surface area contributed by atoms with Gasteiger partial charge in [0.05, 0.1) is 12.7 Å².